The number of rotatable bonds is 3. The summed E-state index contributed by atoms with van der Waals surface area (Å²) in [5.41, 5.74) is 1.21. The lowest BCUT2D eigenvalue weighted by atomic mass is 10.0. The molecule has 3 rings (SSSR count). The molecule has 0 aliphatic carbocycles. The molecule has 4 nitrogen and oxygen atoms in total. The zero-order valence-electron chi connectivity index (χ0n) is 11.7. The molecule has 2 heterocycles. The molecule has 1 aromatic carbocycles. The maximum Gasteiger partial charge on any atom is 0.175 e. The van der Waals surface area contributed by atoms with Gasteiger partial charge in [-0.3, -0.25) is 0 Å². The van der Waals surface area contributed by atoms with Crippen LogP contribution in [0.25, 0.3) is 0 Å². The normalized spacial score (nSPS) is 25.5. The van der Waals surface area contributed by atoms with Crippen molar-refractivity contribution in [1.29, 1.82) is 0 Å². The summed E-state index contributed by atoms with van der Waals surface area (Å²) in [5, 5.41) is 3.61. The van der Waals surface area contributed by atoms with Crippen LogP contribution in [0.2, 0.25) is 0 Å². The summed E-state index contributed by atoms with van der Waals surface area (Å²) >= 11 is 3.56. The number of halogens is 1. The molecule has 20 heavy (non-hydrogen) atoms. The van der Waals surface area contributed by atoms with E-state index in [1.807, 2.05) is 0 Å². The molecule has 1 N–H and O–H groups in total. The maximum atomic E-state index is 5.65. The molecule has 0 spiro atoms. The SMILES string of the molecule is CC1CC(NCc2cc(Br)c3c(c2)OCCO3)CCO1. The molecule has 2 aliphatic rings. The maximum absolute atomic E-state index is 5.65. The van der Waals surface area contributed by atoms with Crippen LogP contribution in [0.3, 0.4) is 0 Å². The molecule has 2 atom stereocenters. The first-order chi connectivity index (χ1) is 9.72. The Hall–Kier alpha value is -0.780. The van der Waals surface area contributed by atoms with Gasteiger partial charge in [-0.25, -0.2) is 0 Å². The van der Waals surface area contributed by atoms with Crippen molar-refractivity contribution in [3.05, 3.63) is 22.2 Å². The lowest BCUT2D eigenvalue weighted by molar-refractivity contribution is 0.0130. The van der Waals surface area contributed by atoms with Gasteiger partial charge in [-0.2, -0.15) is 0 Å². The van der Waals surface area contributed by atoms with Gasteiger partial charge in [-0.05, 0) is 53.4 Å². The minimum atomic E-state index is 0.355. The van der Waals surface area contributed by atoms with Crippen LogP contribution >= 0.6 is 15.9 Å². The average Bonchev–Trinajstić information content (AvgIpc) is 2.45. The van der Waals surface area contributed by atoms with Crippen LogP contribution in [0, 0.1) is 0 Å². The van der Waals surface area contributed by atoms with Crippen LogP contribution in [-0.4, -0.2) is 32.0 Å². The van der Waals surface area contributed by atoms with Gasteiger partial charge >= 0.3 is 0 Å². The van der Waals surface area contributed by atoms with E-state index in [1.54, 1.807) is 0 Å². The molecule has 5 heteroatoms. The summed E-state index contributed by atoms with van der Waals surface area (Å²) in [6.45, 7) is 5.06. The first-order valence-electron chi connectivity index (χ1n) is 7.15. The van der Waals surface area contributed by atoms with Crippen LogP contribution in [-0.2, 0) is 11.3 Å². The molecule has 0 amide bonds. The third-order valence-electron chi connectivity index (χ3n) is 3.74. The van der Waals surface area contributed by atoms with E-state index in [1.165, 1.54) is 5.56 Å². The molecule has 0 saturated carbocycles. The smallest absolute Gasteiger partial charge is 0.175 e. The van der Waals surface area contributed by atoms with Crippen molar-refractivity contribution in [2.75, 3.05) is 19.8 Å². The molecular weight excluding hydrogens is 322 g/mol. The molecule has 2 unspecified atom stereocenters. The standard InChI is InChI=1S/C15H20BrNO3/c1-10-6-12(2-3-18-10)17-9-11-7-13(16)15-14(8-11)19-4-5-20-15/h7-8,10,12,17H,2-6,9H2,1H3. The largest absolute Gasteiger partial charge is 0.486 e. The number of ether oxygens (including phenoxy) is 3. The van der Waals surface area contributed by atoms with Gasteiger partial charge in [0.15, 0.2) is 11.5 Å². The lowest BCUT2D eigenvalue weighted by Gasteiger charge is -2.28. The molecule has 0 aromatic heterocycles. The molecule has 0 radical (unpaired) electrons. The van der Waals surface area contributed by atoms with Crippen molar-refractivity contribution in [3.8, 4) is 11.5 Å². The van der Waals surface area contributed by atoms with Gasteiger partial charge in [0.05, 0.1) is 10.6 Å². The fourth-order valence-corrected chi connectivity index (χ4v) is 3.32. The Balaban J connectivity index is 1.64. The molecule has 2 aliphatic heterocycles. The summed E-state index contributed by atoms with van der Waals surface area (Å²) in [4.78, 5) is 0. The predicted octanol–water partition coefficient (Wildman–Crippen LogP) is 2.88. The van der Waals surface area contributed by atoms with Crippen molar-refractivity contribution in [2.45, 2.75) is 38.5 Å². The number of fused-ring (bicyclic) bond motifs is 1. The van der Waals surface area contributed by atoms with Crippen LogP contribution < -0.4 is 14.8 Å². The molecule has 1 saturated heterocycles. The van der Waals surface area contributed by atoms with E-state index in [0.29, 0.717) is 25.4 Å². The summed E-state index contributed by atoms with van der Waals surface area (Å²) in [5.74, 6) is 1.66. The Kier molecular flexibility index (Phi) is 4.48. The highest BCUT2D eigenvalue weighted by molar-refractivity contribution is 9.10. The van der Waals surface area contributed by atoms with E-state index in [-0.39, 0.29) is 0 Å². The fraction of sp³-hybridized carbons (Fsp3) is 0.600. The highest BCUT2D eigenvalue weighted by Crippen LogP contribution is 2.38. The Morgan fingerprint density at radius 3 is 2.95 bits per heavy atom. The molecular formula is C15H20BrNO3. The van der Waals surface area contributed by atoms with Crippen molar-refractivity contribution in [2.24, 2.45) is 0 Å². The Morgan fingerprint density at radius 1 is 1.25 bits per heavy atom. The van der Waals surface area contributed by atoms with Gasteiger partial charge in [-0.1, -0.05) is 0 Å². The van der Waals surface area contributed by atoms with E-state index < -0.39 is 0 Å². The number of benzene rings is 1. The van der Waals surface area contributed by atoms with Crippen LogP contribution in [0.4, 0.5) is 0 Å². The average molecular weight is 342 g/mol. The van der Waals surface area contributed by atoms with E-state index in [0.717, 1.165) is 42.0 Å². The van der Waals surface area contributed by atoms with Crippen molar-refractivity contribution in [3.63, 3.8) is 0 Å². The lowest BCUT2D eigenvalue weighted by Crippen LogP contribution is -2.37. The van der Waals surface area contributed by atoms with E-state index >= 15 is 0 Å². The second-order valence-electron chi connectivity index (χ2n) is 5.39. The van der Waals surface area contributed by atoms with Crippen molar-refractivity contribution >= 4 is 15.9 Å². The highest BCUT2D eigenvalue weighted by atomic mass is 79.9. The summed E-state index contributed by atoms with van der Waals surface area (Å²) in [7, 11) is 0. The number of hydrogen-bond acceptors (Lipinski definition) is 4. The molecule has 1 fully saturated rings. The van der Waals surface area contributed by atoms with Crippen LogP contribution in [0.15, 0.2) is 16.6 Å². The predicted molar refractivity (Wildman–Crippen MR) is 80.4 cm³/mol. The summed E-state index contributed by atoms with van der Waals surface area (Å²) in [6, 6.07) is 4.70. The van der Waals surface area contributed by atoms with Gasteiger partial charge < -0.3 is 19.5 Å². The molecule has 0 bridgehead atoms. The first kappa shape index (κ1) is 14.2. The van der Waals surface area contributed by atoms with Gasteiger partial charge in [0.25, 0.3) is 0 Å². The van der Waals surface area contributed by atoms with Gasteiger partial charge in [-0.15, -0.1) is 0 Å². The highest BCUT2D eigenvalue weighted by Gasteiger charge is 2.20. The third-order valence-corrected chi connectivity index (χ3v) is 4.33. The van der Waals surface area contributed by atoms with E-state index in [4.69, 9.17) is 14.2 Å². The molecule has 1 aromatic rings. The zero-order chi connectivity index (χ0) is 13.9. The third kappa shape index (κ3) is 3.27. The summed E-state index contributed by atoms with van der Waals surface area (Å²) in [6.07, 6.45) is 2.51. The van der Waals surface area contributed by atoms with Crippen LogP contribution in [0.5, 0.6) is 11.5 Å². The minimum absolute atomic E-state index is 0.355. The zero-order valence-corrected chi connectivity index (χ0v) is 13.2. The van der Waals surface area contributed by atoms with E-state index in [2.05, 4.69) is 40.3 Å². The Labute approximate surface area is 127 Å². The fourth-order valence-electron chi connectivity index (χ4n) is 2.71. The Morgan fingerprint density at radius 2 is 2.10 bits per heavy atom. The van der Waals surface area contributed by atoms with Crippen LogP contribution in [0.1, 0.15) is 25.3 Å². The second kappa shape index (κ2) is 6.33. The Bertz CT molecular complexity index is 480. The summed E-state index contributed by atoms with van der Waals surface area (Å²) < 4.78 is 17.8. The second-order valence-corrected chi connectivity index (χ2v) is 6.24. The van der Waals surface area contributed by atoms with E-state index in [9.17, 15) is 0 Å². The number of nitrogens with one attached hydrogen (secondary N) is 1. The van der Waals surface area contributed by atoms with Gasteiger partial charge in [0.2, 0.25) is 0 Å². The monoisotopic (exact) mass is 341 g/mol. The minimum Gasteiger partial charge on any atom is -0.486 e. The van der Waals surface area contributed by atoms with Crippen molar-refractivity contribution < 1.29 is 14.2 Å². The number of hydrogen-bond donors (Lipinski definition) is 1. The van der Waals surface area contributed by atoms with Gasteiger partial charge in [0, 0.05) is 19.2 Å². The van der Waals surface area contributed by atoms with Gasteiger partial charge in [0.1, 0.15) is 13.2 Å². The topological polar surface area (TPSA) is 39.7 Å². The molecule has 110 valence electrons. The van der Waals surface area contributed by atoms with Crippen molar-refractivity contribution in [1.82, 2.24) is 5.32 Å². The first-order valence-corrected chi connectivity index (χ1v) is 7.94. The quantitative estimate of drug-likeness (QED) is 0.917.